The van der Waals surface area contributed by atoms with Gasteiger partial charge in [0.05, 0.1) is 31.0 Å². The Labute approximate surface area is 215 Å². The van der Waals surface area contributed by atoms with E-state index in [0.29, 0.717) is 24.5 Å². The van der Waals surface area contributed by atoms with Gasteiger partial charge in [0.1, 0.15) is 11.6 Å². The van der Waals surface area contributed by atoms with Crippen molar-refractivity contribution in [2.24, 2.45) is 0 Å². The van der Waals surface area contributed by atoms with Gasteiger partial charge in [-0.25, -0.2) is 4.79 Å². The highest BCUT2D eigenvalue weighted by Crippen LogP contribution is 2.31. The summed E-state index contributed by atoms with van der Waals surface area (Å²) in [5.74, 6) is -0.0140. The number of esters is 1. The Morgan fingerprint density at radius 3 is 2.51 bits per heavy atom. The van der Waals surface area contributed by atoms with E-state index in [-0.39, 0.29) is 24.2 Å². The third kappa shape index (κ3) is 7.15. The van der Waals surface area contributed by atoms with E-state index >= 15 is 0 Å². The van der Waals surface area contributed by atoms with Crippen LogP contribution in [0.1, 0.15) is 73.9 Å². The summed E-state index contributed by atoms with van der Waals surface area (Å²) in [7, 11) is -1.29. The fraction of sp³-hybridized carbons (Fsp3) is 0.481. The second-order valence-corrected chi connectivity index (χ2v) is 10.7. The van der Waals surface area contributed by atoms with E-state index in [1.165, 1.54) is 0 Å². The van der Waals surface area contributed by atoms with Gasteiger partial charge in [0, 0.05) is 21.7 Å². The Kier molecular flexibility index (Phi) is 10.3. The van der Waals surface area contributed by atoms with E-state index in [0.717, 1.165) is 35.4 Å². The van der Waals surface area contributed by atoms with Crippen LogP contribution in [0.25, 0.3) is 0 Å². The number of hydrogen-bond acceptors (Lipinski definition) is 5. The number of β-lactam (4-membered cyclic amide) rings is 1. The highest BCUT2D eigenvalue weighted by Gasteiger charge is 2.43. The number of ether oxygens (including phenoxy) is 2. The average Bonchev–Trinajstić information content (AvgIpc) is 2.83. The molecule has 0 aliphatic carbocycles. The molecule has 6 nitrogen and oxygen atoms in total. The van der Waals surface area contributed by atoms with Crippen LogP contribution in [0.15, 0.2) is 48.5 Å². The van der Waals surface area contributed by atoms with E-state index in [9.17, 15) is 13.8 Å². The number of carbonyl (C=O) groups excluding carboxylic acids is 2. The first-order chi connectivity index (χ1) is 16.8. The maximum atomic E-state index is 13.1. The molecule has 2 aromatic carbocycles. The van der Waals surface area contributed by atoms with Crippen LogP contribution in [0.2, 0.25) is 5.02 Å². The van der Waals surface area contributed by atoms with Crippen molar-refractivity contribution < 1.29 is 23.3 Å². The molecule has 0 N–H and O–H groups in total. The van der Waals surface area contributed by atoms with E-state index in [2.05, 4.69) is 6.92 Å². The van der Waals surface area contributed by atoms with Gasteiger partial charge in [-0.3, -0.25) is 9.00 Å². The Morgan fingerprint density at radius 1 is 1.17 bits per heavy atom. The lowest BCUT2D eigenvalue weighted by molar-refractivity contribution is -0.161. The van der Waals surface area contributed by atoms with Crippen LogP contribution >= 0.6 is 11.6 Å². The molecule has 0 saturated carbocycles. The summed E-state index contributed by atoms with van der Waals surface area (Å²) in [6, 6.07) is 14.7. The quantitative estimate of drug-likeness (QED) is 0.252. The molecule has 3 rings (SSSR count). The van der Waals surface area contributed by atoms with Crippen molar-refractivity contribution in [3.8, 4) is 0 Å². The molecule has 0 bridgehead atoms. The second kappa shape index (κ2) is 13.2. The Morgan fingerprint density at radius 2 is 1.89 bits per heavy atom. The van der Waals surface area contributed by atoms with Crippen LogP contribution in [0.3, 0.4) is 0 Å². The maximum absolute atomic E-state index is 13.1. The third-order valence-electron chi connectivity index (χ3n) is 6.21. The zero-order chi connectivity index (χ0) is 25.4. The highest BCUT2D eigenvalue weighted by atomic mass is 35.5. The number of hydrogen-bond donors (Lipinski definition) is 0. The van der Waals surface area contributed by atoms with Crippen LogP contribution in [0.5, 0.6) is 0 Å². The fourth-order valence-electron chi connectivity index (χ4n) is 4.19. The van der Waals surface area contributed by atoms with Gasteiger partial charge < -0.3 is 14.4 Å². The lowest BCUT2D eigenvalue weighted by Crippen LogP contribution is -2.59. The molecule has 4 unspecified atom stereocenters. The number of halogens is 1. The summed E-state index contributed by atoms with van der Waals surface area (Å²) in [5.41, 5.74) is 2.35. The van der Waals surface area contributed by atoms with Gasteiger partial charge in [-0.2, -0.15) is 0 Å². The second-order valence-electron chi connectivity index (χ2n) is 8.70. The van der Waals surface area contributed by atoms with Crippen LogP contribution in [0, 0.1) is 0 Å². The first-order valence-corrected chi connectivity index (χ1v) is 13.9. The number of benzene rings is 2. The minimum atomic E-state index is -1.29. The first kappa shape index (κ1) is 27.4. The molecule has 0 aromatic heterocycles. The number of carbonyl (C=O) groups is 2. The van der Waals surface area contributed by atoms with Crippen LogP contribution in [-0.2, 0) is 30.8 Å². The molecular weight excluding hydrogens is 486 g/mol. The molecule has 0 radical (unpaired) electrons. The summed E-state index contributed by atoms with van der Waals surface area (Å²) < 4.78 is 24.2. The molecular formula is C27H34ClNO5S. The summed E-state index contributed by atoms with van der Waals surface area (Å²) in [6.45, 7) is 6.49. The summed E-state index contributed by atoms with van der Waals surface area (Å²) in [6.07, 6.45) is 2.83. The monoisotopic (exact) mass is 519 g/mol. The number of amides is 1. The molecule has 8 heteroatoms. The normalized spacial score (nSPS) is 18.0. The molecule has 0 spiro atoms. The Hall–Kier alpha value is -2.22. The van der Waals surface area contributed by atoms with Crippen molar-refractivity contribution in [1.29, 1.82) is 0 Å². The topological polar surface area (TPSA) is 72.9 Å². The van der Waals surface area contributed by atoms with Crippen LogP contribution in [-0.4, -0.2) is 45.8 Å². The summed E-state index contributed by atoms with van der Waals surface area (Å²) >= 11 is 6.44. The molecule has 2 aromatic rings. The van der Waals surface area contributed by atoms with Gasteiger partial charge in [-0.05, 0) is 49.6 Å². The van der Waals surface area contributed by atoms with Crippen molar-refractivity contribution in [2.75, 3.05) is 13.2 Å². The van der Waals surface area contributed by atoms with Gasteiger partial charge in [0.15, 0.2) is 0 Å². The predicted octanol–water partition coefficient (Wildman–Crippen LogP) is 5.66. The number of rotatable bonds is 13. The summed E-state index contributed by atoms with van der Waals surface area (Å²) in [4.78, 5) is 25.8. The third-order valence-corrected chi connectivity index (χ3v) is 8.17. The number of nitrogens with zero attached hydrogens (tertiary/aromatic N) is 1. The molecule has 1 aliphatic heterocycles. The first-order valence-electron chi connectivity index (χ1n) is 12.2. The Bertz CT molecular complexity index is 1030. The highest BCUT2D eigenvalue weighted by molar-refractivity contribution is 7.85. The number of unbranched alkanes of at least 4 members (excludes halogenated alkanes) is 1. The molecule has 1 saturated heterocycles. The van der Waals surface area contributed by atoms with Crippen molar-refractivity contribution in [2.45, 2.75) is 69.7 Å². The van der Waals surface area contributed by atoms with Gasteiger partial charge >= 0.3 is 5.97 Å². The minimum Gasteiger partial charge on any atom is -0.462 e. The van der Waals surface area contributed by atoms with E-state index < -0.39 is 22.4 Å². The largest absolute Gasteiger partial charge is 0.462 e. The van der Waals surface area contributed by atoms with Gasteiger partial charge in [0.2, 0.25) is 5.91 Å². The van der Waals surface area contributed by atoms with Gasteiger partial charge in [-0.1, -0.05) is 61.7 Å². The SMILES string of the molecule is CCCCC(COC(C)N1C(=O)CC1S(=O)Cc1ccc(C(=O)OCC)cc1)c1ccccc1Cl. The lowest BCUT2D eigenvalue weighted by atomic mass is 9.94. The van der Waals surface area contributed by atoms with Crippen molar-refractivity contribution in [3.63, 3.8) is 0 Å². The molecule has 1 heterocycles. The van der Waals surface area contributed by atoms with E-state index in [1.807, 2.05) is 31.2 Å². The minimum absolute atomic E-state index is 0.0589. The molecule has 1 fully saturated rings. The maximum Gasteiger partial charge on any atom is 0.338 e. The average molecular weight is 520 g/mol. The zero-order valence-corrected chi connectivity index (χ0v) is 22.1. The molecule has 4 atom stereocenters. The van der Waals surface area contributed by atoms with Gasteiger partial charge in [0.25, 0.3) is 0 Å². The predicted molar refractivity (Wildman–Crippen MR) is 139 cm³/mol. The van der Waals surface area contributed by atoms with E-state index in [4.69, 9.17) is 21.1 Å². The Balaban J connectivity index is 1.59. The van der Waals surface area contributed by atoms with E-state index in [1.54, 1.807) is 36.1 Å². The van der Waals surface area contributed by atoms with Crippen molar-refractivity contribution >= 4 is 34.3 Å². The van der Waals surface area contributed by atoms with Crippen molar-refractivity contribution in [3.05, 3.63) is 70.2 Å². The summed E-state index contributed by atoms with van der Waals surface area (Å²) in [5, 5.41) is 0.328. The molecule has 1 aliphatic rings. The standard InChI is InChI=1S/C27H34ClNO5S/c1-4-6-9-22(23-10-7-8-11-24(23)28)17-34-19(3)29-25(30)16-26(29)35(32)18-20-12-14-21(15-13-20)27(31)33-5-2/h7-8,10-15,19,22,26H,4-6,9,16-18H2,1-3H3. The fourth-order valence-corrected chi connectivity index (χ4v) is 6.06. The number of likely N-dealkylation sites (tertiary alicyclic amines) is 1. The smallest absolute Gasteiger partial charge is 0.338 e. The van der Waals surface area contributed by atoms with Crippen molar-refractivity contribution in [1.82, 2.24) is 4.90 Å². The molecule has 1 amide bonds. The molecule has 190 valence electrons. The van der Waals surface area contributed by atoms with Crippen LogP contribution in [0.4, 0.5) is 0 Å². The molecule has 35 heavy (non-hydrogen) atoms. The van der Waals surface area contributed by atoms with Gasteiger partial charge in [-0.15, -0.1) is 0 Å². The lowest BCUT2D eigenvalue weighted by Gasteiger charge is -2.43. The zero-order valence-electron chi connectivity index (χ0n) is 20.6. The van der Waals surface area contributed by atoms with Crippen LogP contribution < -0.4 is 0 Å².